The van der Waals surface area contributed by atoms with Gasteiger partial charge in [-0.2, -0.15) is 15.0 Å². The van der Waals surface area contributed by atoms with Crippen LogP contribution in [0.4, 0.5) is 11.9 Å². The predicted octanol–water partition coefficient (Wildman–Crippen LogP) is 3.17. The molecule has 21 heavy (non-hydrogen) atoms. The zero-order valence-electron chi connectivity index (χ0n) is 12.2. The summed E-state index contributed by atoms with van der Waals surface area (Å²) in [5.41, 5.74) is 6.83. The van der Waals surface area contributed by atoms with Gasteiger partial charge in [-0.25, -0.2) is 0 Å². The Morgan fingerprint density at radius 1 is 1.24 bits per heavy atom. The van der Waals surface area contributed by atoms with Gasteiger partial charge in [-0.15, -0.1) is 11.8 Å². The number of hydrogen-bond acceptors (Lipinski definition) is 6. The summed E-state index contributed by atoms with van der Waals surface area (Å²) in [5, 5.41) is 1.03. The number of aromatic nitrogens is 3. The molecule has 0 fully saturated rings. The Morgan fingerprint density at radius 3 is 2.62 bits per heavy atom. The van der Waals surface area contributed by atoms with Crippen LogP contribution in [0.5, 0.6) is 0 Å². The van der Waals surface area contributed by atoms with Crippen molar-refractivity contribution in [1.29, 1.82) is 0 Å². The van der Waals surface area contributed by atoms with Crippen molar-refractivity contribution in [2.75, 3.05) is 24.7 Å². The molecule has 0 radical (unpaired) electrons. The van der Waals surface area contributed by atoms with Crippen LogP contribution in [0.1, 0.15) is 23.6 Å². The predicted molar refractivity (Wildman–Crippen MR) is 89.7 cm³/mol. The molecule has 2 rings (SSSR count). The molecule has 2 aromatic rings. The molecule has 0 amide bonds. The first kappa shape index (κ1) is 15.9. The summed E-state index contributed by atoms with van der Waals surface area (Å²) in [6.45, 7) is 2.11. The molecule has 1 heterocycles. The normalized spacial score (nSPS) is 12.2. The summed E-state index contributed by atoms with van der Waals surface area (Å²) in [7, 11) is 3.75. The third kappa shape index (κ3) is 4.22. The van der Waals surface area contributed by atoms with Crippen LogP contribution in [-0.2, 0) is 5.75 Å². The van der Waals surface area contributed by atoms with E-state index in [1.54, 1.807) is 11.8 Å². The van der Waals surface area contributed by atoms with E-state index in [9.17, 15) is 0 Å². The van der Waals surface area contributed by atoms with Gasteiger partial charge in [0.25, 0.3) is 0 Å². The van der Waals surface area contributed by atoms with Crippen LogP contribution in [0.3, 0.4) is 0 Å². The Balaban J connectivity index is 2.08. The maximum absolute atomic E-state index is 6.21. The van der Waals surface area contributed by atoms with Gasteiger partial charge in [0.05, 0.1) is 5.75 Å². The third-order valence-electron chi connectivity index (χ3n) is 2.89. The largest absolute Gasteiger partial charge is 0.368 e. The molecule has 0 spiro atoms. The lowest BCUT2D eigenvalue weighted by Gasteiger charge is -2.14. The second kappa shape index (κ2) is 6.95. The summed E-state index contributed by atoms with van der Waals surface area (Å²) >= 11 is 7.93. The van der Waals surface area contributed by atoms with Gasteiger partial charge < -0.3 is 10.6 Å². The fourth-order valence-electron chi connectivity index (χ4n) is 1.78. The van der Waals surface area contributed by atoms with Crippen LogP contribution in [-0.4, -0.2) is 29.0 Å². The number of nitrogen functional groups attached to an aromatic ring is 1. The lowest BCUT2D eigenvalue weighted by molar-refractivity contribution is 0.917. The van der Waals surface area contributed by atoms with E-state index < -0.39 is 0 Å². The van der Waals surface area contributed by atoms with Crippen molar-refractivity contribution < 1.29 is 0 Å². The Kier molecular flexibility index (Phi) is 5.25. The molecule has 0 aliphatic heterocycles. The van der Waals surface area contributed by atoms with E-state index in [1.807, 2.05) is 43.3 Å². The number of nitrogens with zero attached hydrogens (tertiary/aromatic N) is 4. The molecule has 1 atom stereocenters. The summed E-state index contributed by atoms with van der Waals surface area (Å²) in [6.07, 6.45) is 0. The molecular formula is C14H18ClN5S. The maximum atomic E-state index is 6.21. The number of rotatable bonds is 5. The van der Waals surface area contributed by atoms with Crippen molar-refractivity contribution in [3.63, 3.8) is 0 Å². The van der Waals surface area contributed by atoms with Gasteiger partial charge in [-0.1, -0.05) is 29.8 Å². The van der Waals surface area contributed by atoms with Crippen molar-refractivity contribution in [3.05, 3.63) is 40.7 Å². The number of hydrogen-bond donors (Lipinski definition) is 1. The topological polar surface area (TPSA) is 67.9 Å². The first-order valence-electron chi connectivity index (χ1n) is 6.51. The fourth-order valence-corrected chi connectivity index (χ4v) is 3.06. The molecule has 5 nitrogen and oxygen atoms in total. The second-order valence-electron chi connectivity index (χ2n) is 4.78. The van der Waals surface area contributed by atoms with Crippen molar-refractivity contribution in [2.45, 2.75) is 17.9 Å². The van der Waals surface area contributed by atoms with Gasteiger partial charge in [0.2, 0.25) is 11.9 Å². The molecule has 112 valence electrons. The fraction of sp³-hybridized carbons (Fsp3) is 0.357. The van der Waals surface area contributed by atoms with Gasteiger partial charge in [-0.3, -0.25) is 0 Å². The summed E-state index contributed by atoms with van der Waals surface area (Å²) < 4.78 is 0. The Hall–Kier alpha value is -1.53. The Bertz CT molecular complexity index is 620. The monoisotopic (exact) mass is 323 g/mol. The van der Waals surface area contributed by atoms with Gasteiger partial charge in [0.1, 0.15) is 5.82 Å². The van der Waals surface area contributed by atoms with E-state index in [0.29, 0.717) is 17.5 Å². The number of thioether (sulfide) groups is 1. The number of anilines is 2. The Labute approximate surface area is 133 Å². The molecule has 7 heteroatoms. The first-order valence-corrected chi connectivity index (χ1v) is 7.94. The molecule has 0 saturated carbocycles. The molecule has 0 bridgehead atoms. The highest BCUT2D eigenvalue weighted by atomic mass is 35.5. The molecule has 0 aliphatic rings. The van der Waals surface area contributed by atoms with Crippen LogP contribution in [0.25, 0.3) is 0 Å². The lowest BCUT2D eigenvalue weighted by atomic mass is 10.2. The molecular weight excluding hydrogens is 306 g/mol. The molecule has 0 aliphatic carbocycles. The smallest absolute Gasteiger partial charge is 0.229 e. The number of nitrogens with two attached hydrogens (primary N) is 1. The minimum absolute atomic E-state index is 0.245. The van der Waals surface area contributed by atoms with Crippen LogP contribution < -0.4 is 10.6 Å². The molecule has 1 aromatic heterocycles. The highest BCUT2D eigenvalue weighted by Gasteiger charge is 2.12. The van der Waals surface area contributed by atoms with Crippen LogP contribution in [0.2, 0.25) is 5.02 Å². The Morgan fingerprint density at radius 2 is 1.95 bits per heavy atom. The second-order valence-corrected chi connectivity index (χ2v) is 6.52. The van der Waals surface area contributed by atoms with Gasteiger partial charge in [0, 0.05) is 24.4 Å². The average Bonchev–Trinajstić information content (AvgIpc) is 2.44. The molecule has 1 aromatic carbocycles. The van der Waals surface area contributed by atoms with E-state index in [-0.39, 0.29) is 11.2 Å². The third-order valence-corrected chi connectivity index (χ3v) is 4.42. The zero-order valence-corrected chi connectivity index (χ0v) is 13.8. The maximum Gasteiger partial charge on any atom is 0.229 e. The molecule has 0 saturated heterocycles. The van der Waals surface area contributed by atoms with Crippen LogP contribution in [0, 0.1) is 0 Å². The van der Waals surface area contributed by atoms with Crippen LogP contribution in [0.15, 0.2) is 24.3 Å². The van der Waals surface area contributed by atoms with E-state index in [4.69, 9.17) is 17.3 Å². The highest BCUT2D eigenvalue weighted by molar-refractivity contribution is 7.98. The lowest BCUT2D eigenvalue weighted by Crippen LogP contribution is -2.16. The molecule has 2 N–H and O–H groups in total. The number of halogens is 1. The molecule has 1 unspecified atom stereocenters. The SMILES string of the molecule is CC(SCc1nc(N)nc(N(C)C)n1)c1ccccc1Cl. The van der Waals surface area contributed by atoms with Crippen molar-refractivity contribution in [2.24, 2.45) is 0 Å². The average molecular weight is 324 g/mol. The minimum Gasteiger partial charge on any atom is -0.368 e. The van der Waals surface area contributed by atoms with E-state index in [1.165, 1.54) is 0 Å². The van der Waals surface area contributed by atoms with Gasteiger partial charge in [-0.05, 0) is 18.6 Å². The van der Waals surface area contributed by atoms with E-state index in [0.717, 1.165) is 10.6 Å². The quantitative estimate of drug-likeness (QED) is 0.911. The summed E-state index contributed by atoms with van der Waals surface area (Å²) in [5.74, 6) is 2.15. The standard InChI is InChI=1S/C14H18ClN5S/c1-9(10-6-4-5-7-11(10)15)21-8-12-17-13(16)19-14(18-12)20(2)3/h4-7,9H,8H2,1-3H3,(H2,16,17,18,19). The highest BCUT2D eigenvalue weighted by Crippen LogP contribution is 2.34. The van der Waals surface area contributed by atoms with Gasteiger partial charge >= 0.3 is 0 Å². The van der Waals surface area contributed by atoms with Crippen LogP contribution >= 0.6 is 23.4 Å². The minimum atomic E-state index is 0.245. The summed E-state index contributed by atoms with van der Waals surface area (Å²) in [6, 6.07) is 7.86. The van der Waals surface area contributed by atoms with E-state index in [2.05, 4.69) is 21.9 Å². The van der Waals surface area contributed by atoms with Crippen molar-refractivity contribution in [1.82, 2.24) is 15.0 Å². The van der Waals surface area contributed by atoms with Crippen molar-refractivity contribution in [3.8, 4) is 0 Å². The zero-order chi connectivity index (χ0) is 15.4. The van der Waals surface area contributed by atoms with Crippen molar-refractivity contribution >= 4 is 35.3 Å². The summed E-state index contributed by atoms with van der Waals surface area (Å²) in [4.78, 5) is 14.5. The van der Waals surface area contributed by atoms with Gasteiger partial charge in [0.15, 0.2) is 0 Å². The number of benzene rings is 1. The first-order chi connectivity index (χ1) is 9.97. The van der Waals surface area contributed by atoms with E-state index >= 15 is 0 Å².